The number of hydrogen-bond acceptors (Lipinski definition) is 8. The summed E-state index contributed by atoms with van der Waals surface area (Å²) in [5.74, 6) is -16.7. The minimum Gasteiger partial charge on any atom is -0.444 e. The molecule has 5 amide bonds. The van der Waals surface area contributed by atoms with E-state index in [1.165, 1.54) is 29.4 Å². The number of halogens is 7. The van der Waals surface area contributed by atoms with E-state index in [1.807, 2.05) is 19.1 Å². The molecule has 360 valence electrons. The first kappa shape index (κ1) is 49.9. The molecular formula is C46H51F7N8O6. The van der Waals surface area contributed by atoms with Crippen LogP contribution in [-0.2, 0) is 31.5 Å². The van der Waals surface area contributed by atoms with E-state index in [9.17, 15) is 54.7 Å². The van der Waals surface area contributed by atoms with E-state index in [4.69, 9.17) is 4.74 Å². The van der Waals surface area contributed by atoms with Crippen LogP contribution < -0.4 is 26.6 Å². The van der Waals surface area contributed by atoms with Gasteiger partial charge in [0.2, 0.25) is 23.5 Å². The molecule has 2 heterocycles. The van der Waals surface area contributed by atoms with E-state index >= 15 is 0 Å². The lowest BCUT2D eigenvalue weighted by Gasteiger charge is -2.29. The molecule has 2 fully saturated rings. The van der Waals surface area contributed by atoms with Gasteiger partial charge in [-0.25, -0.2) is 9.78 Å². The fourth-order valence-corrected chi connectivity index (χ4v) is 7.80. The van der Waals surface area contributed by atoms with Gasteiger partial charge in [0, 0.05) is 42.2 Å². The molecule has 4 aromatic rings. The molecule has 2 atom stereocenters. The Hall–Kier alpha value is -6.54. The Morgan fingerprint density at radius 3 is 2.12 bits per heavy atom. The molecule has 1 aliphatic heterocycles. The number of H-pyrrole nitrogens is 1. The molecule has 2 aliphatic rings. The first-order valence-corrected chi connectivity index (χ1v) is 21.6. The van der Waals surface area contributed by atoms with E-state index in [0.29, 0.717) is 56.3 Å². The zero-order valence-corrected chi connectivity index (χ0v) is 37.0. The highest BCUT2D eigenvalue weighted by atomic mass is 19.4. The van der Waals surface area contributed by atoms with Gasteiger partial charge in [0.25, 0.3) is 5.91 Å². The average Bonchev–Trinajstić information content (AvgIpc) is 3.77. The van der Waals surface area contributed by atoms with Crippen LogP contribution in [0.3, 0.4) is 0 Å². The van der Waals surface area contributed by atoms with Crippen LogP contribution in [0.25, 0.3) is 22.5 Å². The number of aromatic amines is 1. The molecule has 21 heteroatoms. The SMILES string of the molecule is Cc1cc(C(=O)NC2CCCNC2=O)ccc1-c1ccc(C[C@H](NC(=O)C2CCC(CNC(=O)OC(C)(C)C)CC2)C(=O)Nc2ccc(-c3n[nH]c(C(F)(F)C(F)(F)C(F)(F)F)n3)cc2)cc1. The molecule has 1 aliphatic carbocycles. The van der Waals surface area contributed by atoms with Crippen molar-refractivity contribution >= 4 is 35.4 Å². The van der Waals surface area contributed by atoms with Crippen molar-refractivity contribution in [2.24, 2.45) is 11.8 Å². The Morgan fingerprint density at radius 2 is 1.51 bits per heavy atom. The molecule has 6 N–H and O–H groups in total. The highest BCUT2D eigenvalue weighted by molar-refractivity contribution is 5.99. The maximum absolute atomic E-state index is 14.2. The van der Waals surface area contributed by atoms with Crippen LogP contribution in [0.5, 0.6) is 0 Å². The Morgan fingerprint density at radius 1 is 0.851 bits per heavy atom. The first-order valence-electron chi connectivity index (χ1n) is 21.6. The fraction of sp³-hybridized carbons (Fsp3) is 0.457. The standard InChI is InChI=1S/C46H51F7N8O6/c1-25-22-31(38(63)57-34-6-5-21-54-39(34)64)17-20-33(25)28-11-7-26(8-12-28)23-35(58-37(62)30-13-9-27(10-14-30)24-55-42(66)67-43(2,3)4)40(65)56-32-18-15-29(16-19-32)36-59-41(61-60-36)44(47,48)45(49,50)46(51,52)53/h7-8,11-12,15-20,22,27,30,34-35H,5-6,9-10,13-14,21,23-24H2,1-4H3,(H,54,64)(H,55,66)(H,56,65)(H,57,63)(H,58,62)(H,59,60,61)/t27?,30?,34?,35-/m0/s1. The summed E-state index contributed by atoms with van der Waals surface area (Å²) in [6.07, 6.45) is -3.50. The highest BCUT2D eigenvalue weighted by Gasteiger charge is 2.75. The number of benzene rings is 3. The molecular weight excluding hydrogens is 894 g/mol. The molecule has 3 aromatic carbocycles. The first-order chi connectivity index (χ1) is 31.4. The maximum atomic E-state index is 14.2. The minimum atomic E-state index is -6.57. The Labute approximate surface area is 381 Å². The summed E-state index contributed by atoms with van der Waals surface area (Å²) < 4.78 is 99.2. The summed E-state index contributed by atoms with van der Waals surface area (Å²) in [6, 6.07) is 15.8. The lowest BCUT2D eigenvalue weighted by molar-refractivity contribution is -0.361. The number of alkyl halides is 7. The number of nitrogens with one attached hydrogen (secondary N) is 6. The normalized spacial score (nSPS) is 18.6. The third-order valence-corrected chi connectivity index (χ3v) is 11.5. The summed E-state index contributed by atoms with van der Waals surface area (Å²) in [4.78, 5) is 68.2. The molecule has 1 unspecified atom stereocenters. The number of anilines is 1. The lowest BCUT2D eigenvalue weighted by atomic mass is 9.81. The molecule has 6 rings (SSSR count). The van der Waals surface area contributed by atoms with Gasteiger partial charge in [-0.15, -0.1) is 0 Å². The summed E-state index contributed by atoms with van der Waals surface area (Å²) in [7, 11) is 0. The predicted molar refractivity (Wildman–Crippen MR) is 231 cm³/mol. The van der Waals surface area contributed by atoms with Gasteiger partial charge in [-0.3, -0.25) is 24.3 Å². The molecule has 14 nitrogen and oxygen atoms in total. The van der Waals surface area contributed by atoms with Crippen LogP contribution in [0.2, 0.25) is 0 Å². The minimum absolute atomic E-state index is 0.0364. The molecule has 0 spiro atoms. The van der Waals surface area contributed by atoms with E-state index in [0.717, 1.165) is 23.1 Å². The topological polar surface area (TPSA) is 196 Å². The Bertz CT molecular complexity index is 2430. The van der Waals surface area contributed by atoms with Crippen molar-refractivity contribution in [3.8, 4) is 22.5 Å². The van der Waals surface area contributed by atoms with Gasteiger partial charge >= 0.3 is 24.1 Å². The van der Waals surface area contributed by atoms with Gasteiger partial charge in [-0.2, -0.15) is 35.8 Å². The van der Waals surface area contributed by atoms with Crippen LogP contribution in [0.4, 0.5) is 41.2 Å². The number of carbonyl (C=O) groups excluding carboxylic acids is 5. The van der Waals surface area contributed by atoms with Crippen molar-refractivity contribution in [1.29, 1.82) is 0 Å². The summed E-state index contributed by atoms with van der Waals surface area (Å²) >= 11 is 0. The highest BCUT2D eigenvalue weighted by Crippen LogP contribution is 2.51. The van der Waals surface area contributed by atoms with Crippen LogP contribution in [0.15, 0.2) is 66.7 Å². The van der Waals surface area contributed by atoms with Gasteiger partial charge in [0.1, 0.15) is 17.7 Å². The zero-order valence-electron chi connectivity index (χ0n) is 37.0. The van der Waals surface area contributed by atoms with Gasteiger partial charge in [-0.05, 0) is 131 Å². The van der Waals surface area contributed by atoms with Crippen molar-refractivity contribution in [1.82, 2.24) is 36.4 Å². The van der Waals surface area contributed by atoms with Crippen molar-refractivity contribution < 1.29 is 59.4 Å². The lowest BCUT2D eigenvalue weighted by Crippen LogP contribution is -2.50. The van der Waals surface area contributed by atoms with Crippen molar-refractivity contribution in [2.75, 3.05) is 18.4 Å². The second-order valence-corrected chi connectivity index (χ2v) is 17.8. The van der Waals surface area contributed by atoms with Gasteiger partial charge in [0.05, 0.1) is 0 Å². The largest absolute Gasteiger partial charge is 0.460 e. The third kappa shape index (κ3) is 12.3. The predicted octanol–water partition coefficient (Wildman–Crippen LogP) is 7.74. The summed E-state index contributed by atoms with van der Waals surface area (Å²) in [5, 5.41) is 18.7. The monoisotopic (exact) mass is 944 g/mol. The van der Waals surface area contributed by atoms with Crippen molar-refractivity contribution in [3.63, 3.8) is 0 Å². The number of piperidine rings is 1. The number of aryl methyl sites for hydroxylation is 1. The number of amides is 5. The quantitative estimate of drug-likeness (QED) is 0.0691. The van der Waals surface area contributed by atoms with Crippen LogP contribution in [0, 0.1) is 18.8 Å². The number of alkyl carbamates (subject to hydrolysis) is 1. The van der Waals surface area contributed by atoms with Crippen LogP contribution >= 0.6 is 0 Å². The summed E-state index contributed by atoms with van der Waals surface area (Å²) in [5.41, 5.74) is 2.93. The third-order valence-electron chi connectivity index (χ3n) is 11.5. The molecule has 0 bridgehead atoms. The van der Waals surface area contributed by atoms with Gasteiger partial charge in [-0.1, -0.05) is 30.3 Å². The summed E-state index contributed by atoms with van der Waals surface area (Å²) in [6.45, 7) is 8.07. The number of rotatable bonds is 14. The number of ether oxygens (including phenoxy) is 1. The number of hydrogen-bond donors (Lipinski definition) is 6. The molecule has 67 heavy (non-hydrogen) atoms. The molecule has 1 saturated heterocycles. The Kier molecular flexibility index (Phi) is 15.0. The van der Waals surface area contributed by atoms with Crippen LogP contribution in [-0.4, -0.2) is 87.8 Å². The second kappa shape index (κ2) is 20.1. The molecule has 0 radical (unpaired) electrons. The fourth-order valence-electron chi connectivity index (χ4n) is 7.80. The van der Waals surface area contributed by atoms with Gasteiger partial charge in [0.15, 0.2) is 5.82 Å². The van der Waals surface area contributed by atoms with E-state index in [1.54, 1.807) is 51.1 Å². The van der Waals surface area contributed by atoms with E-state index in [-0.39, 0.29) is 41.3 Å². The smallest absolute Gasteiger partial charge is 0.444 e. The number of aromatic nitrogens is 3. The van der Waals surface area contributed by atoms with Crippen LogP contribution in [0.1, 0.15) is 86.6 Å². The van der Waals surface area contributed by atoms with Crippen molar-refractivity contribution in [2.45, 2.75) is 108 Å². The molecule has 1 aromatic heterocycles. The molecule has 1 saturated carbocycles. The number of nitrogens with zero attached hydrogens (tertiary/aromatic N) is 2. The average molecular weight is 945 g/mol. The van der Waals surface area contributed by atoms with Gasteiger partial charge < -0.3 is 31.3 Å². The van der Waals surface area contributed by atoms with E-state index < -0.39 is 65.3 Å². The van der Waals surface area contributed by atoms with Crippen molar-refractivity contribution in [3.05, 3.63) is 89.2 Å². The Balaban J connectivity index is 1.14. The second-order valence-electron chi connectivity index (χ2n) is 17.8. The number of carbonyl (C=O) groups is 5. The zero-order chi connectivity index (χ0) is 48.9. The van der Waals surface area contributed by atoms with E-state index in [2.05, 4.69) is 36.7 Å². The maximum Gasteiger partial charge on any atom is 0.460 e.